The third-order valence-corrected chi connectivity index (χ3v) is 4.17. The Kier molecular flexibility index (Phi) is 3.37. The summed E-state index contributed by atoms with van der Waals surface area (Å²) in [7, 11) is 3.96. The van der Waals surface area contributed by atoms with Crippen LogP contribution in [0, 0.1) is 6.92 Å². The van der Waals surface area contributed by atoms with E-state index in [1.165, 1.54) is 0 Å². The van der Waals surface area contributed by atoms with Gasteiger partial charge in [-0.3, -0.25) is 4.57 Å². The van der Waals surface area contributed by atoms with Crippen LogP contribution in [0.2, 0.25) is 0 Å². The van der Waals surface area contributed by atoms with E-state index in [9.17, 15) is 0 Å². The highest BCUT2D eigenvalue weighted by molar-refractivity contribution is 5.75. The molecule has 1 aromatic carbocycles. The van der Waals surface area contributed by atoms with Crippen molar-refractivity contribution in [3.05, 3.63) is 54.5 Å². The Bertz CT molecular complexity index is 913. The Morgan fingerprint density at radius 3 is 2.50 bits per heavy atom. The molecule has 6 nitrogen and oxygen atoms in total. The lowest BCUT2D eigenvalue weighted by molar-refractivity contribution is 0.427. The average molecular weight is 321 g/mol. The third-order valence-electron chi connectivity index (χ3n) is 4.17. The maximum atomic E-state index is 5.95. The number of imidazole rings is 1. The summed E-state index contributed by atoms with van der Waals surface area (Å²) in [6.07, 6.45) is 5.91. The molecule has 0 saturated heterocycles. The maximum absolute atomic E-state index is 5.95. The number of benzene rings is 1. The number of anilines is 1. The van der Waals surface area contributed by atoms with Gasteiger partial charge in [0, 0.05) is 38.4 Å². The molecule has 3 heterocycles. The smallest absolute Gasteiger partial charge is 0.303 e. The number of nitrogens with zero attached hydrogens (tertiary/aromatic N) is 5. The molecule has 24 heavy (non-hydrogen) atoms. The number of fused-ring (bicyclic) bond motifs is 1. The van der Waals surface area contributed by atoms with Crippen LogP contribution in [0.5, 0.6) is 11.8 Å². The second kappa shape index (κ2) is 5.56. The van der Waals surface area contributed by atoms with Gasteiger partial charge in [-0.2, -0.15) is 4.98 Å². The van der Waals surface area contributed by atoms with Crippen LogP contribution in [0.3, 0.4) is 0 Å². The number of rotatable bonds is 3. The standard InChI is InChI=1S/C18H19N5O/c1-13-8-9-19-17-16(13)20-18(22(17)3)24-15-6-4-14(5-7-15)23-11-10-21(2)12-23/h4-11H,12H2,1-3H3. The summed E-state index contributed by atoms with van der Waals surface area (Å²) in [5.41, 5.74) is 3.92. The van der Waals surface area contributed by atoms with E-state index >= 15 is 0 Å². The van der Waals surface area contributed by atoms with E-state index in [-0.39, 0.29) is 0 Å². The Morgan fingerprint density at radius 2 is 1.83 bits per heavy atom. The molecule has 0 radical (unpaired) electrons. The van der Waals surface area contributed by atoms with Crippen LogP contribution in [0.4, 0.5) is 5.69 Å². The Hall–Kier alpha value is -3.02. The van der Waals surface area contributed by atoms with Gasteiger partial charge in [-0.1, -0.05) is 0 Å². The highest BCUT2D eigenvalue weighted by Gasteiger charge is 2.14. The van der Waals surface area contributed by atoms with Gasteiger partial charge in [0.15, 0.2) is 5.65 Å². The predicted octanol–water partition coefficient (Wildman–Crippen LogP) is 3.25. The van der Waals surface area contributed by atoms with Crippen molar-refractivity contribution < 1.29 is 4.74 Å². The van der Waals surface area contributed by atoms with Crippen molar-refractivity contribution >= 4 is 16.9 Å². The molecule has 4 rings (SSSR count). The van der Waals surface area contributed by atoms with Crippen molar-refractivity contribution in [2.45, 2.75) is 6.92 Å². The number of aryl methyl sites for hydroxylation is 2. The lowest BCUT2D eigenvalue weighted by Crippen LogP contribution is -2.21. The van der Waals surface area contributed by atoms with Gasteiger partial charge in [0.25, 0.3) is 0 Å². The fraction of sp³-hybridized carbons (Fsp3) is 0.222. The number of aromatic nitrogens is 3. The Labute approximate surface area is 140 Å². The second-order valence-corrected chi connectivity index (χ2v) is 6.02. The zero-order chi connectivity index (χ0) is 16.7. The van der Waals surface area contributed by atoms with Crippen LogP contribution in [0.1, 0.15) is 5.56 Å². The lowest BCUT2D eigenvalue weighted by Gasteiger charge is -2.18. The summed E-state index contributed by atoms with van der Waals surface area (Å²) < 4.78 is 7.82. The van der Waals surface area contributed by atoms with Crippen LogP contribution in [-0.4, -0.2) is 33.2 Å². The van der Waals surface area contributed by atoms with Crippen molar-refractivity contribution in [2.75, 3.05) is 18.6 Å². The number of hydrogen-bond donors (Lipinski definition) is 0. The van der Waals surface area contributed by atoms with Gasteiger partial charge < -0.3 is 14.5 Å². The molecule has 0 amide bonds. The van der Waals surface area contributed by atoms with E-state index in [4.69, 9.17) is 4.74 Å². The SMILES string of the molecule is Cc1ccnc2c1nc(Oc1ccc(N3C=CN(C)C3)cc1)n2C. The molecule has 122 valence electrons. The summed E-state index contributed by atoms with van der Waals surface area (Å²) in [5.74, 6) is 0.756. The minimum Gasteiger partial charge on any atom is -0.425 e. The highest BCUT2D eigenvalue weighted by Crippen LogP contribution is 2.27. The van der Waals surface area contributed by atoms with Gasteiger partial charge in [0.05, 0.1) is 6.67 Å². The molecule has 0 spiro atoms. The maximum Gasteiger partial charge on any atom is 0.303 e. The quantitative estimate of drug-likeness (QED) is 0.741. The van der Waals surface area contributed by atoms with Gasteiger partial charge in [0.1, 0.15) is 11.3 Å². The lowest BCUT2D eigenvalue weighted by atomic mass is 10.3. The zero-order valence-electron chi connectivity index (χ0n) is 14.0. The van der Waals surface area contributed by atoms with E-state index < -0.39 is 0 Å². The monoisotopic (exact) mass is 321 g/mol. The first-order valence-corrected chi connectivity index (χ1v) is 7.83. The van der Waals surface area contributed by atoms with Crippen LogP contribution < -0.4 is 9.64 Å². The second-order valence-electron chi connectivity index (χ2n) is 6.02. The van der Waals surface area contributed by atoms with Gasteiger partial charge >= 0.3 is 6.01 Å². The molecule has 6 heteroatoms. The minimum absolute atomic E-state index is 0.542. The van der Waals surface area contributed by atoms with Gasteiger partial charge in [-0.15, -0.1) is 0 Å². The minimum atomic E-state index is 0.542. The molecule has 3 aromatic rings. The van der Waals surface area contributed by atoms with E-state index in [1.54, 1.807) is 6.20 Å². The van der Waals surface area contributed by atoms with Gasteiger partial charge in [-0.25, -0.2) is 4.98 Å². The first kappa shape index (κ1) is 14.6. The topological polar surface area (TPSA) is 46.4 Å². The Balaban J connectivity index is 1.58. The molecule has 0 aliphatic carbocycles. The van der Waals surface area contributed by atoms with Crippen molar-refractivity contribution in [2.24, 2.45) is 7.05 Å². The van der Waals surface area contributed by atoms with Gasteiger partial charge in [-0.05, 0) is 42.8 Å². The van der Waals surface area contributed by atoms with E-state index in [0.29, 0.717) is 6.01 Å². The first-order valence-electron chi connectivity index (χ1n) is 7.83. The molecule has 0 atom stereocenters. The molecule has 2 aromatic heterocycles. The Morgan fingerprint density at radius 1 is 1.04 bits per heavy atom. The normalized spacial score (nSPS) is 14.0. The van der Waals surface area contributed by atoms with Gasteiger partial charge in [0.2, 0.25) is 0 Å². The molecule has 0 N–H and O–H groups in total. The zero-order valence-corrected chi connectivity index (χ0v) is 14.0. The summed E-state index contributed by atoms with van der Waals surface area (Å²) >= 11 is 0. The van der Waals surface area contributed by atoms with Crippen LogP contribution in [0.25, 0.3) is 11.2 Å². The summed E-state index contributed by atoms with van der Waals surface area (Å²) in [6.45, 7) is 2.88. The third kappa shape index (κ3) is 2.46. The highest BCUT2D eigenvalue weighted by atomic mass is 16.5. The summed E-state index contributed by atoms with van der Waals surface area (Å²) in [4.78, 5) is 13.2. The molecule has 0 bridgehead atoms. The molecule has 0 saturated carbocycles. The number of pyridine rings is 1. The van der Waals surface area contributed by atoms with Crippen molar-refractivity contribution in [3.8, 4) is 11.8 Å². The molecule has 0 unspecified atom stereocenters. The number of hydrogen-bond acceptors (Lipinski definition) is 5. The molecular weight excluding hydrogens is 302 g/mol. The van der Waals surface area contributed by atoms with Crippen molar-refractivity contribution in [1.29, 1.82) is 0 Å². The first-order chi connectivity index (χ1) is 11.6. The average Bonchev–Trinajstić information content (AvgIpc) is 3.14. The van der Waals surface area contributed by atoms with Crippen LogP contribution in [-0.2, 0) is 7.05 Å². The van der Waals surface area contributed by atoms with Crippen molar-refractivity contribution in [3.63, 3.8) is 0 Å². The fourth-order valence-corrected chi connectivity index (χ4v) is 2.78. The summed E-state index contributed by atoms with van der Waals surface area (Å²) in [5, 5.41) is 0. The van der Waals surface area contributed by atoms with E-state index in [1.807, 2.05) is 48.9 Å². The predicted molar refractivity (Wildman–Crippen MR) is 94.0 cm³/mol. The fourth-order valence-electron chi connectivity index (χ4n) is 2.78. The largest absolute Gasteiger partial charge is 0.425 e. The van der Waals surface area contributed by atoms with E-state index in [0.717, 1.165) is 34.8 Å². The molecular formula is C18H19N5O. The van der Waals surface area contributed by atoms with E-state index in [2.05, 4.69) is 39.2 Å². The molecule has 1 aliphatic heterocycles. The van der Waals surface area contributed by atoms with Crippen LogP contribution >= 0.6 is 0 Å². The summed E-state index contributed by atoms with van der Waals surface area (Å²) in [6, 6.07) is 10.5. The molecule has 0 fully saturated rings. The van der Waals surface area contributed by atoms with Crippen LogP contribution in [0.15, 0.2) is 48.9 Å². The number of ether oxygens (including phenoxy) is 1. The molecule has 1 aliphatic rings. The van der Waals surface area contributed by atoms with Crippen molar-refractivity contribution in [1.82, 2.24) is 19.4 Å².